The Hall–Kier alpha value is -2.93. The van der Waals surface area contributed by atoms with E-state index in [9.17, 15) is 4.79 Å². The number of likely N-dealkylation sites (tertiary alicyclic amines) is 1. The van der Waals surface area contributed by atoms with Gasteiger partial charge in [0.2, 0.25) is 5.91 Å². The third-order valence-electron chi connectivity index (χ3n) is 5.69. The van der Waals surface area contributed by atoms with Crippen molar-refractivity contribution in [1.82, 2.24) is 25.0 Å². The minimum atomic E-state index is -0.0268. The molecule has 1 aromatic carbocycles. The summed E-state index contributed by atoms with van der Waals surface area (Å²) < 4.78 is 7.20. The highest BCUT2D eigenvalue weighted by Gasteiger charge is 2.26. The summed E-state index contributed by atoms with van der Waals surface area (Å²) in [5, 5.41) is 8.90. The highest BCUT2D eigenvalue weighted by molar-refractivity contribution is 5.79. The Balaban J connectivity index is 1.50. The van der Waals surface area contributed by atoms with Gasteiger partial charge in [0.05, 0.1) is 19.3 Å². The first-order valence-electron chi connectivity index (χ1n) is 10.5. The number of ether oxygens (including phenoxy) is 1. The van der Waals surface area contributed by atoms with Gasteiger partial charge in [0.15, 0.2) is 5.65 Å². The quantitative estimate of drug-likeness (QED) is 0.652. The fourth-order valence-corrected chi connectivity index (χ4v) is 4.24. The molecule has 1 fully saturated rings. The van der Waals surface area contributed by atoms with Gasteiger partial charge in [0.1, 0.15) is 5.75 Å². The second-order valence-corrected chi connectivity index (χ2v) is 7.89. The van der Waals surface area contributed by atoms with E-state index >= 15 is 0 Å². The van der Waals surface area contributed by atoms with Gasteiger partial charge in [-0.3, -0.25) is 9.69 Å². The SMILES string of the molecule is COc1ccc(CN2CCCC(c3nn(CCNC(C)=O)c4ncccc34)C2)cc1. The Kier molecular flexibility index (Phi) is 6.28. The van der Waals surface area contributed by atoms with Crippen LogP contribution in [0.25, 0.3) is 11.0 Å². The van der Waals surface area contributed by atoms with Gasteiger partial charge in [-0.15, -0.1) is 0 Å². The van der Waals surface area contributed by atoms with Crippen molar-refractivity contribution in [3.63, 3.8) is 0 Å². The molecule has 1 aliphatic heterocycles. The zero-order chi connectivity index (χ0) is 20.9. The van der Waals surface area contributed by atoms with E-state index in [0.29, 0.717) is 19.0 Å². The molecule has 3 aromatic rings. The number of fused-ring (bicyclic) bond motifs is 1. The third kappa shape index (κ3) is 4.62. The van der Waals surface area contributed by atoms with E-state index in [-0.39, 0.29) is 5.91 Å². The van der Waals surface area contributed by atoms with Crippen LogP contribution in [-0.4, -0.2) is 52.3 Å². The molecule has 1 unspecified atom stereocenters. The average molecular weight is 408 g/mol. The summed E-state index contributed by atoms with van der Waals surface area (Å²) in [5.41, 5.74) is 3.31. The number of carbonyl (C=O) groups is 1. The second kappa shape index (κ2) is 9.26. The van der Waals surface area contributed by atoms with E-state index in [1.165, 1.54) is 12.5 Å². The highest BCUT2D eigenvalue weighted by atomic mass is 16.5. The predicted octanol–water partition coefficient (Wildman–Crippen LogP) is 2.96. The van der Waals surface area contributed by atoms with Crippen LogP contribution in [-0.2, 0) is 17.9 Å². The molecule has 1 aliphatic rings. The molecule has 3 heterocycles. The van der Waals surface area contributed by atoms with Crippen molar-refractivity contribution in [3.05, 3.63) is 53.9 Å². The van der Waals surface area contributed by atoms with Crippen molar-refractivity contribution in [2.45, 2.75) is 38.8 Å². The van der Waals surface area contributed by atoms with Crippen molar-refractivity contribution in [2.24, 2.45) is 0 Å². The Morgan fingerprint density at radius 1 is 1.27 bits per heavy atom. The summed E-state index contributed by atoms with van der Waals surface area (Å²) in [7, 11) is 1.69. The van der Waals surface area contributed by atoms with E-state index in [2.05, 4.69) is 33.4 Å². The summed E-state index contributed by atoms with van der Waals surface area (Å²) in [6.07, 6.45) is 4.09. The number of pyridine rings is 1. The van der Waals surface area contributed by atoms with Crippen molar-refractivity contribution in [1.29, 1.82) is 0 Å². The maximum Gasteiger partial charge on any atom is 0.216 e. The largest absolute Gasteiger partial charge is 0.497 e. The standard InChI is InChI=1S/C23H29N5O2/c1-17(29)24-12-14-28-23-21(6-3-11-25-23)22(26-28)19-5-4-13-27(16-19)15-18-7-9-20(30-2)10-8-18/h3,6-11,19H,4-5,12-16H2,1-2H3,(H,24,29). The van der Waals surface area contributed by atoms with E-state index in [0.717, 1.165) is 55.0 Å². The summed E-state index contributed by atoms with van der Waals surface area (Å²) >= 11 is 0. The molecule has 158 valence electrons. The van der Waals surface area contributed by atoms with Crippen LogP contribution in [0.2, 0.25) is 0 Å². The lowest BCUT2D eigenvalue weighted by atomic mass is 9.93. The molecule has 7 nitrogen and oxygen atoms in total. The molecule has 7 heteroatoms. The molecule has 2 aromatic heterocycles. The molecular weight excluding hydrogens is 378 g/mol. The maximum absolute atomic E-state index is 11.2. The average Bonchev–Trinajstić information content (AvgIpc) is 3.13. The Morgan fingerprint density at radius 2 is 2.10 bits per heavy atom. The number of carbonyl (C=O) groups excluding carboxylic acids is 1. The second-order valence-electron chi connectivity index (χ2n) is 7.89. The van der Waals surface area contributed by atoms with Crippen LogP contribution < -0.4 is 10.1 Å². The molecule has 1 N–H and O–H groups in total. The zero-order valence-corrected chi connectivity index (χ0v) is 17.7. The first-order chi connectivity index (χ1) is 14.6. The number of piperidine rings is 1. The first-order valence-corrected chi connectivity index (χ1v) is 10.5. The van der Waals surface area contributed by atoms with Gasteiger partial charge in [-0.25, -0.2) is 9.67 Å². The van der Waals surface area contributed by atoms with Crippen molar-refractivity contribution in [3.8, 4) is 5.75 Å². The van der Waals surface area contributed by atoms with Crippen LogP contribution in [0, 0.1) is 0 Å². The van der Waals surface area contributed by atoms with E-state index in [1.54, 1.807) is 13.3 Å². The number of benzene rings is 1. The van der Waals surface area contributed by atoms with Crippen LogP contribution in [0.4, 0.5) is 0 Å². The van der Waals surface area contributed by atoms with E-state index < -0.39 is 0 Å². The number of amides is 1. The van der Waals surface area contributed by atoms with E-state index in [1.807, 2.05) is 22.9 Å². The number of hydrogen-bond donors (Lipinski definition) is 1. The monoisotopic (exact) mass is 407 g/mol. The Bertz CT molecular complexity index is 999. The lowest BCUT2D eigenvalue weighted by Gasteiger charge is -2.32. The number of nitrogens with zero attached hydrogens (tertiary/aromatic N) is 4. The van der Waals surface area contributed by atoms with Crippen molar-refractivity contribution >= 4 is 16.9 Å². The number of methoxy groups -OCH3 is 1. The maximum atomic E-state index is 11.2. The number of hydrogen-bond acceptors (Lipinski definition) is 5. The number of aromatic nitrogens is 3. The molecule has 1 amide bonds. The lowest BCUT2D eigenvalue weighted by Crippen LogP contribution is -2.34. The smallest absolute Gasteiger partial charge is 0.216 e. The molecule has 0 saturated carbocycles. The molecule has 0 aliphatic carbocycles. The van der Waals surface area contributed by atoms with Crippen LogP contribution in [0.15, 0.2) is 42.6 Å². The zero-order valence-electron chi connectivity index (χ0n) is 17.7. The van der Waals surface area contributed by atoms with Gasteiger partial charge in [0.25, 0.3) is 0 Å². The van der Waals surface area contributed by atoms with Crippen LogP contribution >= 0.6 is 0 Å². The van der Waals surface area contributed by atoms with Gasteiger partial charge in [-0.05, 0) is 49.2 Å². The van der Waals surface area contributed by atoms with Crippen LogP contribution in [0.3, 0.4) is 0 Å². The normalized spacial score (nSPS) is 17.2. The molecule has 1 atom stereocenters. The lowest BCUT2D eigenvalue weighted by molar-refractivity contribution is -0.118. The minimum Gasteiger partial charge on any atom is -0.497 e. The van der Waals surface area contributed by atoms with Crippen molar-refractivity contribution < 1.29 is 9.53 Å². The molecule has 4 rings (SSSR count). The van der Waals surface area contributed by atoms with E-state index in [4.69, 9.17) is 9.84 Å². The number of nitrogens with one attached hydrogen (secondary N) is 1. The number of rotatable bonds is 7. The fourth-order valence-electron chi connectivity index (χ4n) is 4.24. The molecular formula is C23H29N5O2. The van der Waals surface area contributed by atoms with Gasteiger partial charge in [-0.1, -0.05) is 12.1 Å². The molecule has 1 saturated heterocycles. The molecule has 30 heavy (non-hydrogen) atoms. The van der Waals surface area contributed by atoms with Gasteiger partial charge < -0.3 is 10.1 Å². The topological polar surface area (TPSA) is 72.3 Å². The minimum absolute atomic E-state index is 0.0268. The highest BCUT2D eigenvalue weighted by Crippen LogP contribution is 2.31. The molecule has 0 bridgehead atoms. The van der Waals surface area contributed by atoms with Gasteiger partial charge in [0, 0.05) is 44.1 Å². The third-order valence-corrected chi connectivity index (χ3v) is 5.69. The fraction of sp³-hybridized carbons (Fsp3) is 0.435. The van der Waals surface area contributed by atoms with Gasteiger partial charge >= 0.3 is 0 Å². The summed E-state index contributed by atoms with van der Waals surface area (Å²) in [6.45, 7) is 5.72. The van der Waals surface area contributed by atoms with Crippen LogP contribution in [0.5, 0.6) is 5.75 Å². The Morgan fingerprint density at radius 3 is 2.87 bits per heavy atom. The Labute approximate surface area is 177 Å². The summed E-state index contributed by atoms with van der Waals surface area (Å²) in [5.74, 6) is 1.24. The van der Waals surface area contributed by atoms with Crippen LogP contribution in [0.1, 0.15) is 36.9 Å². The predicted molar refractivity (Wildman–Crippen MR) is 116 cm³/mol. The van der Waals surface area contributed by atoms with Crippen molar-refractivity contribution in [2.75, 3.05) is 26.7 Å². The summed E-state index contributed by atoms with van der Waals surface area (Å²) in [6, 6.07) is 12.4. The van der Waals surface area contributed by atoms with Gasteiger partial charge in [-0.2, -0.15) is 5.10 Å². The first kappa shape index (κ1) is 20.3. The summed E-state index contributed by atoms with van der Waals surface area (Å²) in [4.78, 5) is 18.3. The molecule has 0 radical (unpaired) electrons. The molecule has 0 spiro atoms.